The number of carbonyl (C=O) groups excluding carboxylic acids is 2. The van der Waals surface area contributed by atoms with Crippen LogP contribution < -0.4 is 5.32 Å². The Morgan fingerprint density at radius 3 is 2.13 bits per heavy atom. The van der Waals surface area contributed by atoms with Crippen LogP contribution >= 0.6 is 0 Å². The Morgan fingerprint density at radius 2 is 1.61 bits per heavy atom. The van der Waals surface area contributed by atoms with E-state index >= 15 is 0 Å². The molecular formula is C28H33N3O7. The molecule has 2 heterocycles. The Balaban J connectivity index is 0.000000375. The molecule has 2 aromatic rings. The molecule has 38 heavy (non-hydrogen) atoms. The first-order valence-corrected chi connectivity index (χ1v) is 12.2. The lowest BCUT2D eigenvalue weighted by Crippen LogP contribution is -2.42. The van der Waals surface area contributed by atoms with Gasteiger partial charge in [-0.3, -0.25) is 15.0 Å². The highest BCUT2D eigenvalue weighted by Crippen LogP contribution is 2.31. The van der Waals surface area contributed by atoms with Gasteiger partial charge in [-0.05, 0) is 19.4 Å². The van der Waals surface area contributed by atoms with Gasteiger partial charge in [0.2, 0.25) is 0 Å². The normalized spacial score (nSPS) is 19.3. The number of rotatable bonds is 7. The molecule has 10 heteroatoms. The van der Waals surface area contributed by atoms with Gasteiger partial charge in [0.05, 0.1) is 29.8 Å². The van der Waals surface area contributed by atoms with Crippen molar-refractivity contribution in [2.75, 3.05) is 26.8 Å². The van der Waals surface area contributed by atoms with Gasteiger partial charge in [-0.15, -0.1) is 0 Å². The van der Waals surface area contributed by atoms with Crippen LogP contribution in [0.1, 0.15) is 32.3 Å². The topological polar surface area (TPSA) is 131 Å². The summed E-state index contributed by atoms with van der Waals surface area (Å²) in [5.41, 5.74) is 2.46. The van der Waals surface area contributed by atoms with Crippen molar-refractivity contribution in [1.29, 1.82) is 0 Å². The maximum absolute atomic E-state index is 12.9. The largest absolute Gasteiger partial charge is 0.466 e. The second kappa shape index (κ2) is 13.0. The Morgan fingerprint density at radius 1 is 1.03 bits per heavy atom. The van der Waals surface area contributed by atoms with Gasteiger partial charge in [0.1, 0.15) is 5.60 Å². The van der Waals surface area contributed by atoms with E-state index in [-0.39, 0.29) is 18.7 Å². The maximum Gasteiger partial charge on any atom is 0.336 e. The average molecular weight is 524 g/mol. The highest BCUT2D eigenvalue weighted by atomic mass is 16.6. The highest BCUT2D eigenvalue weighted by Gasteiger charge is 2.42. The number of ether oxygens (including phenoxy) is 2. The molecule has 2 aliphatic rings. The van der Waals surface area contributed by atoms with Crippen molar-refractivity contribution in [2.45, 2.75) is 38.8 Å². The summed E-state index contributed by atoms with van der Waals surface area (Å²) in [5.74, 6) is -0.987. The molecule has 0 aliphatic carbocycles. The number of carbonyl (C=O) groups is 2. The van der Waals surface area contributed by atoms with Gasteiger partial charge in [0.15, 0.2) is 0 Å². The number of nitro benzene ring substituents is 1. The average Bonchev–Trinajstić information content (AvgIpc) is 3.32. The molecular weight excluding hydrogens is 490 g/mol. The van der Waals surface area contributed by atoms with Crippen LogP contribution in [0.25, 0.3) is 0 Å². The highest BCUT2D eigenvalue weighted by molar-refractivity contribution is 5.96. The summed E-state index contributed by atoms with van der Waals surface area (Å²) in [5, 5.41) is 23.1. The fourth-order valence-electron chi connectivity index (χ4n) is 4.40. The molecule has 0 radical (unpaired) electrons. The van der Waals surface area contributed by atoms with Crippen molar-refractivity contribution in [1.82, 2.24) is 10.2 Å². The Hall–Kier alpha value is -4.02. The second-order valence-corrected chi connectivity index (χ2v) is 9.27. The molecule has 0 bridgehead atoms. The molecule has 1 fully saturated rings. The molecule has 0 aromatic heterocycles. The van der Waals surface area contributed by atoms with Gasteiger partial charge in [-0.2, -0.15) is 0 Å². The van der Waals surface area contributed by atoms with Crippen LogP contribution in [0.15, 0.2) is 83.2 Å². The number of esters is 2. The maximum atomic E-state index is 12.9. The lowest BCUT2D eigenvalue weighted by Gasteiger charge is -2.29. The fourth-order valence-corrected chi connectivity index (χ4v) is 4.40. The summed E-state index contributed by atoms with van der Waals surface area (Å²) >= 11 is 0. The molecule has 2 N–H and O–H groups in total. The monoisotopic (exact) mass is 523 g/mol. The van der Waals surface area contributed by atoms with E-state index in [0.29, 0.717) is 35.5 Å². The molecule has 202 valence electrons. The number of likely N-dealkylation sites (tertiary alicyclic amines) is 1. The first kappa shape index (κ1) is 28.5. The third-order valence-electron chi connectivity index (χ3n) is 6.52. The zero-order chi connectivity index (χ0) is 27.7. The Bertz CT molecular complexity index is 1210. The fraction of sp³-hybridized carbons (Fsp3) is 0.357. The number of non-ortho nitro benzene ring substituents is 1. The van der Waals surface area contributed by atoms with Crippen molar-refractivity contribution < 1.29 is 29.1 Å². The van der Waals surface area contributed by atoms with E-state index < -0.39 is 22.5 Å². The Labute approximate surface area is 221 Å². The smallest absolute Gasteiger partial charge is 0.336 e. The Kier molecular flexibility index (Phi) is 9.75. The quantitative estimate of drug-likeness (QED) is 0.318. The van der Waals surface area contributed by atoms with E-state index in [2.05, 4.69) is 22.3 Å². The lowest BCUT2D eigenvalue weighted by atomic mass is 9.97. The van der Waals surface area contributed by atoms with Crippen molar-refractivity contribution in [3.8, 4) is 0 Å². The number of para-hydroxylation sites is 1. The van der Waals surface area contributed by atoms with Crippen molar-refractivity contribution >= 4 is 17.6 Å². The number of allylic oxidation sites excluding steroid dienone is 2. The van der Waals surface area contributed by atoms with E-state index in [1.165, 1.54) is 24.8 Å². The SMILES string of the molecule is COC(=O)C1=C(C)NC(C)=C(C(=O)O[C@]2(CO)CCN(Cc3ccccc3)C2)C1.O=[N+]([O-])c1ccccc1. The minimum atomic E-state index is -0.944. The molecule has 1 atom stereocenters. The van der Waals surface area contributed by atoms with Gasteiger partial charge in [-0.25, -0.2) is 9.59 Å². The summed E-state index contributed by atoms with van der Waals surface area (Å²) in [6.45, 7) is 5.22. The zero-order valence-corrected chi connectivity index (χ0v) is 21.8. The van der Waals surface area contributed by atoms with Crippen LogP contribution in [-0.4, -0.2) is 59.3 Å². The number of dihydropyridines is 1. The predicted octanol–water partition coefficient (Wildman–Crippen LogP) is 3.48. The van der Waals surface area contributed by atoms with Crippen molar-refractivity contribution in [2.24, 2.45) is 0 Å². The number of aliphatic hydroxyl groups is 1. The number of aliphatic hydroxyl groups excluding tert-OH is 1. The van der Waals surface area contributed by atoms with Gasteiger partial charge in [0.25, 0.3) is 5.69 Å². The first-order valence-electron chi connectivity index (χ1n) is 12.2. The molecule has 0 spiro atoms. The summed E-state index contributed by atoms with van der Waals surface area (Å²) in [7, 11) is 1.31. The minimum absolute atomic E-state index is 0.137. The summed E-state index contributed by atoms with van der Waals surface area (Å²) in [4.78, 5) is 36.7. The van der Waals surface area contributed by atoms with Gasteiger partial charge in [-0.1, -0.05) is 48.5 Å². The van der Waals surface area contributed by atoms with Gasteiger partial charge >= 0.3 is 11.9 Å². The zero-order valence-electron chi connectivity index (χ0n) is 21.8. The molecule has 0 amide bonds. The number of benzene rings is 2. The second-order valence-electron chi connectivity index (χ2n) is 9.27. The third kappa shape index (κ3) is 7.27. The molecule has 1 saturated heterocycles. The van der Waals surface area contributed by atoms with E-state index in [4.69, 9.17) is 9.47 Å². The molecule has 2 aliphatic heterocycles. The van der Waals surface area contributed by atoms with Gasteiger partial charge in [0, 0.05) is 56.0 Å². The van der Waals surface area contributed by atoms with Crippen LogP contribution in [0.5, 0.6) is 0 Å². The van der Waals surface area contributed by atoms with Crippen LogP contribution in [0, 0.1) is 10.1 Å². The number of hydrogen-bond acceptors (Lipinski definition) is 9. The molecule has 4 rings (SSSR count). The summed E-state index contributed by atoms with van der Waals surface area (Å²) in [6.07, 6.45) is 0.700. The number of methoxy groups -OCH3 is 1. The van der Waals surface area contributed by atoms with Crippen LogP contribution in [0.3, 0.4) is 0 Å². The van der Waals surface area contributed by atoms with Gasteiger partial charge < -0.3 is 19.9 Å². The minimum Gasteiger partial charge on any atom is -0.466 e. The summed E-state index contributed by atoms with van der Waals surface area (Å²) < 4.78 is 10.6. The number of nitrogens with zero attached hydrogens (tertiary/aromatic N) is 2. The number of nitrogens with one attached hydrogen (secondary N) is 1. The standard InChI is InChI=1S/C22H28N2O5.C6H5NO2/c1-15-18(20(26)28-3)11-19(16(2)23-15)21(27)29-22(14-25)9-10-24(13-22)12-17-7-5-4-6-8-17;8-7(9)6-4-2-1-3-5-6/h4-8,23,25H,9-14H2,1-3H3;1-5H/t22-;/m1./s1. The number of hydrogen-bond donors (Lipinski definition) is 2. The van der Waals surface area contributed by atoms with Crippen LogP contribution in [-0.2, 0) is 25.6 Å². The third-order valence-corrected chi connectivity index (χ3v) is 6.52. The predicted molar refractivity (Wildman–Crippen MR) is 141 cm³/mol. The van der Waals surface area contributed by atoms with E-state index in [1.54, 1.807) is 32.0 Å². The molecule has 0 unspecified atom stereocenters. The molecule has 0 saturated carbocycles. The molecule has 2 aromatic carbocycles. The van der Waals surface area contributed by atoms with Crippen LogP contribution in [0.2, 0.25) is 0 Å². The first-order chi connectivity index (χ1) is 18.2. The van der Waals surface area contributed by atoms with Crippen molar-refractivity contribution in [3.63, 3.8) is 0 Å². The summed E-state index contributed by atoms with van der Waals surface area (Å²) in [6, 6.07) is 18.0. The van der Waals surface area contributed by atoms with E-state index in [9.17, 15) is 24.8 Å². The van der Waals surface area contributed by atoms with E-state index in [0.717, 1.165) is 13.1 Å². The van der Waals surface area contributed by atoms with E-state index in [1.807, 2.05) is 18.2 Å². The van der Waals surface area contributed by atoms with Crippen LogP contribution in [0.4, 0.5) is 5.69 Å². The number of nitro groups is 1. The lowest BCUT2D eigenvalue weighted by molar-refractivity contribution is -0.384. The molecule has 10 nitrogen and oxygen atoms in total. The van der Waals surface area contributed by atoms with Crippen molar-refractivity contribution in [3.05, 3.63) is 98.9 Å².